The molecule has 0 aliphatic carbocycles. The van der Waals surface area contributed by atoms with Crippen molar-refractivity contribution in [2.45, 2.75) is 341 Å². The first kappa shape index (κ1) is 65.3. The fourth-order valence-electron chi connectivity index (χ4n) is 9.34. The Morgan fingerprint density at radius 1 is 0.403 bits per heavy atom. The zero-order valence-electron chi connectivity index (χ0n) is 45.1. The first-order valence-electron chi connectivity index (χ1n) is 30.1. The average molecular weight is 945 g/mol. The number of hydrogen-bond acceptors (Lipinski definition) is 5. The maximum absolute atomic E-state index is 12.5. The van der Waals surface area contributed by atoms with E-state index in [0.29, 0.717) is 19.4 Å². The quantitative estimate of drug-likeness (QED) is 0.0321. The van der Waals surface area contributed by atoms with E-state index < -0.39 is 12.1 Å². The van der Waals surface area contributed by atoms with Crippen molar-refractivity contribution in [1.29, 1.82) is 0 Å². The Morgan fingerprint density at radius 2 is 0.701 bits per heavy atom. The summed E-state index contributed by atoms with van der Waals surface area (Å²) in [5.74, 6) is -0.0665. The molecule has 0 aliphatic rings. The first-order chi connectivity index (χ1) is 33.0. The number of amides is 1. The zero-order chi connectivity index (χ0) is 48.6. The summed E-state index contributed by atoms with van der Waals surface area (Å²) in [6, 6.07) is -0.629. The minimum absolute atomic E-state index is 0.00163. The van der Waals surface area contributed by atoms with Gasteiger partial charge in [-0.3, -0.25) is 9.59 Å². The summed E-state index contributed by atoms with van der Waals surface area (Å²) in [6.07, 6.45) is 69.2. The third-order valence-corrected chi connectivity index (χ3v) is 14.0. The summed E-state index contributed by atoms with van der Waals surface area (Å²) >= 11 is 0. The number of rotatable bonds is 56. The van der Waals surface area contributed by atoms with Crippen molar-refractivity contribution in [3.05, 3.63) is 24.3 Å². The number of nitrogens with one attached hydrogen (secondary N) is 1. The van der Waals surface area contributed by atoms with Gasteiger partial charge in [0, 0.05) is 12.8 Å². The highest BCUT2D eigenvalue weighted by atomic mass is 16.5. The molecule has 6 nitrogen and oxygen atoms in total. The molecule has 3 N–H and O–H groups in total. The predicted octanol–water partition coefficient (Wildman–Crippen LogP) is 18.6. The summed E-state index contributed by atoms with van der Waals surface area (Å²) in [6.45, 7) is 4.90. The Hall–Kier alpha value is -1.66. The molecular formula is C61H117NO5. The molecule has 2 unspecified atom stereocenters. The summed E-state index contributed by atoms with van der Waals surface area (Å²) in [4.78, 5) is 24.5. The van der Waals surface area contributed by atoms with E-state index in [2.05, 4.69) is 31.3 Å². The maximum Gasteiger partial charge on any atom is 0.305 e. The van der Waals surface area contributed by atoms with Gasteiger partial charge < -0.3 is 20.3 Å². The van der Waals surface area contributed by atoms with Crippen LogP contribution in [0.5, 0.6) is 0 Å². The Morgan fingerprint density at radius 3 is 1.06 bits per heavy atom. The Kier molecular flexibility index (Phi) is 55.5. The molecule has 67 heavy (non-hydrogen) atoms. The highest BCUT2D eigenvalue weighted by Gasteiger charge is 2.18. The van der Waals surface area contributed by atoms with Gasteiger partial charge in [0.2, 0.25) is 5.91 Å². The maximum atomic E-state index is 12.5. The Bertz CT molecular complexity index is 1040. The van der Waals surface area contributed by atoms with Crippen LogP contribution in [-0.2, 0) is 14.3 Å². The van der Waals surface area contributed by atoms with Gasteiger partial charge in [-0.25, -0.2) is 0 Å². The van der Waals surface area contributed by atoms with E-state index in [9.17, 15) is 19.8 Å². The van der Waals surface area contributed by atoms with Crippen LogP contribution in [-0.4, -0.2) is 47.4 Å². The van der Waals surface area contributed by atoms with Gasteiger partial charge in [0.1, 0.15) is 0 Å². The van der Waals surface area contributed by atoms with Crippen LogP contribution in [0.4, 0.5) is 0 Å². The highest BCUT2D eigenvalue weighted by molar-refractivity contribution is 5.76. The van der Waals surface area contributed by atoms with Crippen LogP contribution < -0.4 is 5.32 Å². The lowest BCUT2D eigenvalue weighted by Gasteiger charge is -2.20. The van der Waals surface area contributed by atoms with Crippen LogP contribution in [0.25, 0.3) is 0 Å². The molecule has 2 atom stereocenters. The largest absolute Gasteiger partial charge is 0.466 e. The standard InChI is InChI=1S/C61H117NO5/c1-3-5-7-9-11-13-15-17-19-26-29-33-37-41-45-49-53-59(64)58(57-63)62-60(65)54-50-46-42-38-34-30-27-24-22-20-21-23-25-28-32-36-40-44-48-52-56-67-61(66)55-51-47-43-39-35-31-18-16-14-12-10-8-6-4-2/h16,18,49,53,58-59,63-64H,3-15,17,19-48,50-52,54-57H2,1-2H3,(H,62,65)/b18-16-,53-49+. The van der Waals surface area contributed by atoms with Crippen molar-refractivity contribution < 1.29 is 24.5 Å². The minimum atomic E-state index is -0.845. The fourth-order valence-corrected chi connectivity index (χ4v) is 9.34. The van der Waals surface area contributed by atoms with Crippen LogP contribution in [0.2, 0.25) is 0 Å². The second-order valence-electron chi connectivity index (χ2n) is 20.7. The van der Waals surface area contributed by atoms with E-state index in [1.165, 1.54) is 257 Å². The number of unbranched alkanes of at least 4 members (excludes halogenated alkanes) is 43. The molecule has 0 radical (unpaired) electrons. The smallest absolute Gasteiger partial charge is 0.305 e. The summed E-state index contributed by atoms with van der Waals surface area (Å²) in [5, 5.41) is 23.1. The summed E-state index contributed by atoms with van der Waals surface area (Å²) in [5.41, 5.74) is 0. The SMILES string of the molecule is CCCCCCC/C=C\CCCCCCCC(=O)OCCCCCCCCCCCCCCCCCCCCCCC(=O)NC(CO)C(O)/C=C/CCCCCCCCCCCCCCCC. The minimum Gasteiger partial charge on any atom is -0.466 e. The summed E-state index contributed by atoms with van der Waals surface area (Å²) < 4.78 is 5.47. The first-order valence-corrected chi connectivity index (χ1v) is 30.1. The predicted molar refractivity (Wildman–Crippen MR) is 292 cm³/mol. The molecule has 0 aliphatic heterocycles. The number of esters is 1. The molecule has 0 saturated heterocycles. The third kappa shape index (κ3) is 53.5. The van der Waals surface area contributed by atoms with Gasteiger partial charge in [0.25, 0.3) is 0 Å². The molecular weight excluding hydrogens is 827 g/mol. The summed E-state index contributed by atoms with van der Waals surface area (Å²) in [7, 11) is 0. The van der Waals surface area contributed by atoms with Crippen LogP contribution >= 0.6 is 0 Å². The van der Waals surface area contributed by atoms with Crippen LogP contribution in [0.15, 0.2) is 24.3 Å². The van der Waals surface area contributed by atoms with E-state index in [1.54, 1.807) is 6.08 Å². The highest BCUT2D eigenvalue weighted by Crippen LogP contribution is 2.17. The average Bonchev–Trinajstić information content (AvgIpc) is 3.33. The molecule has 0 aromatic rings. The molecule has 0 saturated carbocycles. The fraction of sp³-hybridized carbons (Fsp3) is 0.902. The molecule has 396 valence electrons. The molecule has 0 aromatic carbocycles. The van der Waals surface area contributed by atoms with Gasteiger partial charge >= 0.3 is 5.97 Å². The van der Waals surface area contributed by atoms with Crippen LogP contribution in [0.1, 0.15) is 328 Å². The van der Waals surface area contributed by atoms with E-state index in [4.69, 9.17) is 4.74 Å². The van der Waals surface area contributed by atoms with Crippen LogP contribution in [0, 0.1) is 0 Å². The van der Waals surface area contributed by atoms with Crippen molar-refractivity contribution in [3.8, 4) is 0 Å². The van der Waals surface area contributed by atoms with Crippen molar-refractivity contribution in [2.75, 3.05) is 13.2 Å². The number of ether oxygens (including phenoxy) is 1. The monoisotopic (exact) mass is 944 g/mol. The van der Waals surface area contributed by atoms with Gasteiger partial charge in [-0.2, -0.15) is 0 Å². The molecule has 0 fully saturated rings. The topological polar surface area (TPSA) is 95.9 Å². The molecule has 0 rings (SSSR count). The molecule has 0 spiro atoms. The Balaban J connectivity index is 3.42. The van der Waals surface area contributed by atoms with Crippen LogP contribution in [0.3, 0.4) is 0 Å². The molecule has 0 heterocycles. The lowest BCUT2D eigenvalue weighted by atomic mass is 10.0. The molecule has 6 heteroatoms. The van der Waals surface area contributed by atoms with E-state index in [0.717, 1.165) is 44.9 Å². The lowest BCUT2D eigenvalue weighted by molar-refractivity contribution is -0.143. The number of aliphatic hydroxyl groups is 2. The number of carbonyl (C=O) groups excluding carboxylic acids is 2. The van der Waals surface area contributed by atoms with Gasteiger partial charge in [-0.1, -0.05) is 282 Å². The second kappa shape index (κ2) is 56.9. The van der Waals surface area contributed by atoms with Crippen molar-refractivity contribution >= 4 is 11.9 Å². The van der Waals surface area contributed by atoms with Crippen molar-refractivity contribution in [1.82, 2.24) is 5.32 Å². The molecule has 0 aromatic heterocycles. The number of carbonyl (C=O) groups is 2. The van der Waals surface area contributed by atoms with Gasteiger partial charge in [0.15, 0.2) is 0 Å². The van der Waals surface area contributed by atoms with Gasteiger partial charge in [-0.15, -0.1) is 0 Å². The van der Waals surface area contributed by atoms with E-state index >= 15 is 0 Å². The third-order valence-electron chi connectivity index (χ3n) is 14.0. The lowest BCUT2D eigenvalue weighted by Crippen LogP contribution is -2.45. The number of aliphatic hydroxyl groups excluding tert-OH is 2. The second-order valence-corrected chi connectivity index (χ2v) is 20.7. The normalized spacial score (nSPS) is 12.7. The van der Waals surface area contributed by atoms with Gasteiger partial charge in [-0.05, 0) is 57.8 Å². The number of allylic oxidation sites excluding steroid dienone is 3. The van der Waals surface area contributed by atoms with Crippen molar-refractivity contribution in [2.24, 2.45) is 0 Å². The van der Waals surface area contributed by atoms with E-state index in [1.807, 2.05) is 6.08 Å². The number of hydrogen-bond donors (Lipinski definition) is 3. The van der Waals surface area contributed by atoms with Crippen molar-refractivity contribution in [3.63, 3.8) is 0 Å². The van der Waals surface area contributed by atoms with Gasteiger partial charge in [0.05, 0.1) is 25.4 Å². The van der Waals surface area contributed by atoms with E-state index in [-0.39, 0.29) is 18.5 Å². The molecule has 0 bridgehead atoms. The zero-order valence-corrected chi connectivity index (χ0v) is 45.1. The Labute approximate surface area is 418 Å². The molecule has 1 amide bonds.